The van der Waals surface area contributed by atoms with Gasteiger partial charge in [-0.1, -0.05) is 29.8 Å². The highest BCUT2D eigenvalue weighted by molar-refractivity contribution is 7.13. The Morgan fingerprint density at radius 2 is 2.00 bits per heavy atom. The van der Waals surface area contributed by atoms with E-state index in [1.165, 1.54) is 11.3 Å². The summed E-state index contributed by atoms with van der Waals surface area (Å²) in [5, 5.41) is 24.3. The topological polar surface area (TPSA) is 95.3 Å². The summed E-state index contributed by atoms with van der Waals surface area (Å²) in [6.45, 7) is 4.27. The van der Waals surface area contributed by atoms with Crippen LogP contribution >= 0.6 is 11.3 Å². The number of carbonyl (C=O) groups excluding carboxylic acids is 1. The van der Waals surface area contributed by atoms with Crippen LogP contribution in [0.4, 0.5) is 0 Å². The quantitative estimate of drug-likeness (QED) is 0.668. The molecule has 3 aromatic rings. The molecule has 0 aliphatic carbocycles. The Balaban J connectivity index is 1.84. The molecular weight excluding hydrogens is 338 g/mol. The highest BCUT2D eigenvalue weighted by Gasteiger charge is 2.20. The van der Waals surface area contributed by atoms with E-state index in [1.54, 1.807) is 6.07 Å². The summed E-state index contributed by atoms with van der Waals surface area (Å²) in [6.07, 6.45) is 0. The zero-order chi connectivity index (χ0) is 18.0. The Hall–Kier alpha value is -2.93. The molecule has 25 heavy (non-hydrogen) atoms. The molecule has 0 saturated heterocycles. The number of hydrogen-bond acceptors (Lipinski definition) is 6. The van der Waals surface area contributed by atoms with Crippen molar-refractivity contribution in [1.82, 2.24) is 15.3 Å². The number of thiophene rings is 1. The number of nitrogens with zero attached hydrogens (tertiary/aromatic N) is 2. The van der Waals surface area contributed by atoms with Crippen molar-refractivity contribution in [2.45, 2.75) is 20.4 Å². The van der Waals surface area contributed by atoms with E-state index in [4.69, 9.17) is 0 Å². The summed E-state index contributed by atoms with van der Waals surface area (Å²) < 4.78 is 0. The largest absolute Gasteiger partial charge is 0.501 e. The highest BCUT2D eigenvalue weighted by atomic mass is 32.1. The van der Waals surface area contributed by atoms with Crippen LogP contribution < -0.4 is 5.32 Å². The van der Waals surface area contributed by atoms with Crippen LogP contribution in [0.3, 0.4) is 0 Å². The van der Waals surface area contributed by atoms with Crippen LogP contribution in [-0.4, -0.2) is 26.1 Å². The second kappa shape index (κ2) is 6.90. The van der Waals surface area contributed by atoms with Gasteiger partial charge in [-0.2, -0.15) is 4.98 Å². The first-order chi connectivity index (χ1) is 12.0. The molecule has 7 heteroatoms. The van der Waals surface area contributed by atoms with Crippen LogP contribution in [0.15, 0.2) is 35.7 Å². The lowest BCUT2D eigenvalue weighted by molar-refractivity contribution is 0.0942. The van der Waals surface area contributed by atoms with Crippen LogP contribution in [-0.2, 0) is 6.54 Å². The van der Waals surface area contributed by atoms with E-state index in [1.807, 2.05) is 43.5 Å². The van der Waals surface area contributed by atoms with Crippen molar-refractivity contribution >= 4 is 17.2 Å². The maximum atomic E-state index is 12.4. The Kier molecular flexibility index (Phi) is 4.67. The third-order valence-corrected chi connectivity index (χ3v) is 4.63. The summed E-state index contributed by atoms with van der Waals surface area (Å²) in [4.78, 5) is 21.0. The number of benzene rings is 1. The van der Waals surface area contributed by atoms with Crippen LogP contribution in [0.2, 0.25) is 0 Å². The van der Waals surface area contributed by atoms with Gasteiger partial charge in [-0.05, 0) is 36.4 Å². The van der Waals surface area contributed by atoms with Crippen LogP contribution in [0.1, 0.15) is 27.2 Å². The molecule has 2 aromatic heterocycles. The van der Waals surface area contributed by atoms with Gasteiger partial charge in [-0.3, -0.25) is 4.79 Å². The smallest absolute Gasteiger partial charge is 0.274 e. The third-order valence-electron chi connectivity index (χ3n) is 3.76. The number of aromatic nitrogens is 2. The first kappa shape index (κ1) is 16.9. The van der Waals surface area contributed by atoms with Gasteiger partial charge in [0.1, 0.15) is 0 Å². The number of hydrogen-bond donors (Lipinski definition) is 3. The van der Waals surface area contributed by atoms with Gasteiger partial charge in [0, 0.05) is 6.54 Å². The molecule has 0 spiro atoms. The fourth-order valence-electron chi connectivity index (χ4n) is 2.42. The van der Waals surface area contributed by atoms with Crippen molar-refractivity contribution in [2.24, 2.45) is 0 Å². The van der Waals surface area contributed by atoms with Gasteiger partial charge in [0.25, 0.3) is 11.8 Å². The van der Waals surface area contributed by atoms with Gasteiger partial charge in [-0.25, -0.2) is 4.98 Å². The molecule has 1 aromatic carbocycles. The Bertz CT molecular complexity index is 924. The molecule has 0 unspecified atom stereocenters. The van der Waals surface area contributed by atoms with Gasteiger partial charge >= 0.3 is 0 Å². The van der Waals surface area contributed by atoms with Gasteiger partial charge in [0.15, 0.2) is 11.5 Å². The predicted molar refractivity (Wildman–Crippen MR) is 95.8 cm³/mol. The first-order valence-corrected chi connectivity index (χ1v) is 8.52. The predicted octanol–water partition coefficient (Wildman–Crippen LogP) is 3.16. The summed E-state index contributed by atoms with van der Waals surface area (Å²) in [5.41, 5.74) is 2.93. The molecule has 0 aliphatic heterocycles. The van der Waals surface area contributed by atoms with Gasteiger partial charge in [-0.15, -0.1) is 11.3 Å². The van der Waals surface area contributed by atoms with Crippen molar-refractivity contribution in [3.05, 3.63) is 58.1 Å². The monoisotopic (exact) mass is 355 g/mol. The number of aryl methyl sites for hydroxylation is 2. The lowest BCUT2D eigenvalue weighted by Crippen LogP contribution is -2.24. The van der Waals surface area contributed by atoms with Crippen molar-refractivity contribution in [2.75, 3.05) is 0 Å². The van der Waals surface area contributed by atoms with Gasteiger partial charge < -0.3 is 15.5 Å². The Morgan fingerprint density at radius 3 is 2.68 bits per heavy atom. The van der Waals surface area contributed by atoms with Gasteiger partial charge in [0.05, 0.1) is 4.88 Å². The lowest BCUT2D eigenvalue weighted by Gasteiger charge is -2.10. The summed E-state index contributed by atoms with van der Waals surface area (Å²) >= 11 is 1.38. The standard InChI is InChI=1S/C18H17N3O3S/c1-10-5-6-12(11(2)8-10)9-19-17(23)14-15(22)18(24)21-16(20-14)13-4-3-7-25-13/h3-8,22H,9H2,1-2H3,(H,19,23)(H,20,21,24). The minimum Gasteiger partial charge on any atom is -0.501 e. The summed E-state index contributed by atoms with van der Waals surface area (Å²) in [5.74, 6) is -1.62. The molecule has 3 rings (SSSR count). The van der Waals surface area contributed by atoms with Crippen LogP contribution in [0, 0.1) is 13.8 Å². The van der Waals surface area contributed by atoms with E-state index in [0.29, 0.717) is 11.4 Å². The Labute approximate surface area is 148 Å². The van der Waals surface area contributed by atoms with Crippen molar-refractivity contribution < 1.29 is 15.0 Å². The second-order valence-electron chi connectivity index (χ2n) is 5.66. The summed E-state index contributed by atoms with van der Waals surface area (Å²) in [6, 6.07) is 9.53. The van der Waals surface area contributed by atoms with E-state index < -0.39 is 17.5 Å². The van der Waals surface area contributed by atoms with Crippen molar-refractivity contribution in [3.8, 4) is 22.3 Å². The fourth-order valence-corrected chi connectivity index (χ4v) is 3.08. The Morgan fingerprint density at radius 1 is 1.20 bits per heavy atom. The third kappa shape index (κ3) is 3.61. The molecule has 1 amide bonds. The fraction of sp³-hybridized carbons (Fsp3) is 0.167. The minimum atomic E-state index is -0.626. The molecule has 128 valence electrons. The van der Waals surface area contributed by atoms with Crippen LogP contribution in [0.25, 0.3) is 10.7 Å². The molecular formula is C18H17N3O3S. The van der Waals surface area contributed by atoms with Crippen molar-refractivity contribution in [3.63, 3.8) is 0 Å². The molecule has 2 heterocycles. The number of aromatic hydroxyl groups is 2. The van der Waals surface area contributed by atoms with E-state index in [0.717, 1.165) is 16.7 Å². The van der Waals surface area contributed by atoms with E-state index in [9.17, 15) is 15.0 Å². The average Bonchev–Trinajstić information content (AvgIpc) is 3.10. The molecule has 0 fully saturated rings. The number of nitrogens with one attached hydrogen (secondary N) is 1. The maximum Gasteiger partial charge on any atom is 0.274 e. The van der Waals surface area contributed by atoms with E-state index >= 15 is 0 Å². The molecule has 0 radical (unpaired) electrons. The van der Waals surface area contributed by atoms with E-state index in [-0.39, 0.29) is 11.5 Å². The zero-order valence-corrected chi connectivity index (χ0v) is 14.6. The minimum absolute atomic E-state index is 0.196. The first-order valence-electron chi connectivity index (χ1n) is 7.64. The number of amides is 1. The number of rotatable bonds is 4. The molecule has 3 N–H and O–H groups in total. The number of carbonyl (C=O) groups is 1. The normalized spacial score (nSPS) is 10.6. The highest BCUT2D eigenvalue weighted by Crippen LogP contribution is 2.30. The zero-order valence-electron chi connectivity index (χ0n) is 13.8. The molecule has 0 bridgehead atoms. The van der Waals surface area contributed by atoms with Gasteiger partial charge in [0.2, 0.25) is 5.75 Å². The molecule has 0 aliphatic rings. The molecule has 0 saturated carbocycles. The van der Waals surface area contributed by atoms with Crippen LogP contribution in [0.5, 0.6) is 11.6 Å². The maximum absolute atomic E-state index is 12.4. The average molecular weight is 355 g/mol. The van der Waals surface area contributed by atoms with Crippen molar-refractivity contribution in [1.29, 1.82) is 0 Å². The summed E-state index contributed by atoms with van der Waals surface area (Å²) in [7, 11) is 0. The molecule has 0 atom stereocenters. The SMILES string of the molecule is Cc1ccc(CNC(=O)c2nc(-c3cccs3)nc(O)c2O)c(C)c1. The van der Waals surface area contributed by atoms with E-state index in [2.05, 4.69) is 15.3 Å². The lowest BCUT2D eigenvalue weighted by atomic mass is 10.1. The second-order valence-corrected chi connectivity index (χ2v) is 6.61. The molecule has 6 nitrogen and oxygen atoms in total.